The van der Waals surface area contributed by atoms with E-state index in [0.717, 1.165) is 35.8 Å². The van der Waals surface area contributed by atoms with Gasteiger partial charge in [0.2, 0.25) is 0 Å². The molecule has 0 saturated heterocycles. The lowest BCUT2D eigenvalue weighted by molar-refractivity contribution is 0.0651. The molecule has 1 N–H and O–H groups in total. The normalized spacial score (nSPS) is 15.6. The van der Waals surface area contributed by atoms with Crippen LogP contribution in [0.5, 0.6) is 5.75 Å². The van der Waals surface area contributed by atoms with Gasteiger partial charge in [-0.25, -0.2) is 0 Å². The summed E-state index contributed by atoms with van der Waals surface area (Å²) in [5, 5.41) is 3.51. The molecule has 0 fully saturated rings. The van der Waals surface area contributed by atoms with Crippen LogP contribution in [0, 0.1) is 0 Å². The molecule has 5 heteroatoms. The predicted molar refractivity (Wildman–Crippen MR) is 117 cm³/mol. The number of furan rings is 1. The van der Waals surface area contributed by atoms with E-state index in [-0.39, 0.29) is 12.1 Å². The molecule has 0 spiro atoms. The van der Waals surface area contributed by atoms with Gasteiger partial charge in [0.15, 0.2) is 0 Å². The van der Waals surface area contributed by atoms with Crippen LogP contribution >= 0.6 is 0 Å². The molecule has 156 valence electrons. The molecule has 5 nitrogen and oxygen atoms in total. The highest BCUT2D eigenvalue weighted by Gasteiger charge is 2.33. The molecule has 0 bridgehead atoms. The number of nitrogens with zero attached hydrogens (tertiary/aromatic N) is 1. The molecule has 1 aromatic heterocycles. The van der Waals surface area contributed by atoms with Crippen molar-refractivity contribution in [1.82, 2.24) is 4.90 Å². The zero-order valence-electron chi connectivity index (χ0n) is 17.3. The van der Waals surface area contributed by atoms with Gasteiger partial charge in [-0.2, -0.15) is 0 Å². The Labute approximate surface area is 177 Å². The second kappa shape index (κ2) is 9.53. The smallest absolute Gasteiger partial charge is 0.258 e. The van der Waals surface area contributed by atoms with Crippen LogP contribution in [0.2, 0.25) is 0 Å². The highest BCUT2D eigenvalue weighted by molar-refractivity contribution is 6.01. The minimum Gasteiger partial charge on any atom is -0.494 e. The van der Waals surface area contributed by atoms with E-state index < -0.39 is 0 Å². The summed E-state index contributed by atoms with van der Waals surface area (Å²) in [4.78, 5) is 15.0. The molecule has 1 amide bonds. The van der Waals surface area contributed by atoms with Gasteiger partial charge in [0.1, 0.15) is 17.7 Å². The molecule has 1 unspecified atom stereocenters. The fraction of sp³-hybridized carbons (Fsp3) is 0.320. The van der Waals surface area contributed by atoms with Crippen molar-refractivity contribution in [3.63, 3.8) is 0 Å². The van der Waals surface area contributed by atoms with Gasteiger partial charge in [-0.15, -0.1) is 0 Å². The van der Waals surface area contributed by atoms with Crippen molar-refractivity contribution in [2.45, 2.75) is 45.3 Å². The van der Waals surface area contributed by atoms with Crippen molar-refractivity contribution >= 4 is 11.6 Å². The maximum atomic E-state index is 13.2. The van der Waals surface area contributed by atoms with E-state index in [1.165, 1.54) is 19.3 Å². The number of anilines is 1. The lowest BCUT2D eigenvalue weighted by Crippen LogP contribution is -2.42. The van der Waals surface area contributed by atoms with Crippen LogP contribution in [-0.2, 0) is 6.54 Å². The SMILES string of the molecule is CCCCCCOc1ccc(C2Nc3ccccc3C(=O)N2Cc2ccco2)cc1. The number of ether oxygens (including phenoxy) is 1. The molecule has 0 saturated carbocycles. The van der Waals surface area contributed by atoms with Gasteiger partial charge in [0.25, 0.3) is 5.91 Å². The first-order chi connectivity index (χ1) is 14.8. The Balaban J connectivity index is 1.52. The summed E-state index contributed by atoms with van der Waals surface area (Å²) in [6, 6.07) is 19.4. The first-order valence-corrected chi connectivity index (χ1v) is 10.7. The molecular formula is C25H28N2O3. The van der Waals surface area contributed by atoms with Crippen LogP contribution in [0.1, 0.15) is 60.5 Å². The van der Waals surface area contributed by atoms with Gasteiger partial charge >= 0.3 is 0 Å². The van der Waals surface area contributed by atoms with Gasteiger partial charge in [-0.3, -0.25) is 4.79 Å². The van der Waals surface area contributed by atoms with Gasteiger partial charge < -0.3 is 19.4 Å². The molecule has 2 heterocycles. The van der Waals surface area contributed by atoms with E-state index in [4.69, 9.17) is 9.15 Å². The van der Waals surface area contributed by atoms with E-state index in [9.17, 15) is 4.79 Å². The number of hydrogen-bond donors (Lipinski definition) is 1. The molecule has 1 aliphatic rings. The average Bonchev–Trinajstić information content (AvgIpc) is 3.29. The van der Waals surface area contributed by atoms with Crippen molar-refractivity contribution in [2.75, 3.05) is 11.9 Å². The Morgan fingerprint density at radius 1 is 1.00 bits per heavy atom. The number of carbonyl (C=O) groups is 1. The molecule has 2 aromatic carbocycles. The van der Waals surface area contributed by atoms with Crippen molar-refractivity contribution in [2.24, 2.45) is 0 Å². The quantitative estimate of drug-likeness (QED) is 0.444. The minimum atomic E-state index is -0.281. The van der Waals surface area contributed by atoms with Gasteiger partial charge in [-0.05, 0) is 48.4 Å². The minimum absolute atomic E-state index is 0.0120. The third-order valence-electron chi connectivity index (χ3n) is 5.39. The number of fused-ring (bicyclic) bond motifs is 1. The summed E-state index contributed by atoms with van der Waals surface area (Å²) in [6.07, 6.45) is 6.09. The lowest BCUT2D eigenvalue weighted by Gasteiger charge is -2.37. The first kappa shape index (κ1) is 20.1. The van der Waals surface area contributed by atoms with E-state index >= 15 is 0 Å². The van der Waals surface area contributed by atoms with Gasteiger partial charge in [0, 0.05) is 5.69 Å². The zero-order valence-corrected chi connectivity index (χ0v) is 17.3. The summed E-state index contributed by atoms with van der Waals surface area (Å²) >= 11 is 0. The molecule has 3 aromatic rings. The molecule has 4 rings (SSSR count). The molecular weight excluding hydrogens is 376 g/mol. The lowest BCUT2D eigenvalue weighted by atomic mass is 10.0. The van der Waals surface area contributed by atoms with Crippen LogP contribution < -0.4 is 10.1 Å². The summed E-state index contributed by atoms with van der Waals surface area (Å²) in [5.74, 6) is 1.60. The van der Waals surface area contributed by atoms with Gasteiger partial charge in [0.05, 0.1) is 25.0 Å². The number of hydrogen-bond acceptors (Lipinski definition) is 4. The Bertz CT molecular complexity index is 951. The average molecular weight is 405 g/mol. The Kier molecular flexibility index (Phi) is 6.38. The van der Waals surface area contributed by atoms with E-state index in [0.29, 0.717) is 12.1 Å². The molecule has 1 atom stereocenters. The summed E-state index contributed by atoms with van der Waals surface area (Å²) in [5.41, 5.74) is 2.52. The third-order valence-corrected chi connectivity index (χ3v) is 5.39. The fourth-order valence-corrected chi connectivity index (χ4v) is 3.75. The van der Waals surface area contributed by atoms with Crippen LogP contribution in [0.3, 0.4) is 0 Å². The van der Waals surface area contributed by atoms with Crippen molar-refractivity contribution in [1.29, 1.82) is 0 Å². The third kappa shape index (κ3) is 4.51. The second-order valence-corrected chi connectivity index (χ2v) is 7.58. The van der Waals surface area contributed by atoms with Crippen LogP contribution in [-0.4, -0.2) is 17.4 Å². The van der Waals surface area contributed by atoms with E-state index in [2.05, 4.69) is 12.2 Å². The van der Waals surface area contributed by atoms with Crippen molar-refractivity contribution in [3.8, 4) is 5.75 Å². The number of benzene rings is 2. The highest BCUT2D eigenvalue weighted by atomic mass is 16.5. The molecule has 30 heavy (non-hydrogen) atoms. The van der Waals surface area contributed by atoms with Crippen LogP contribution in [0.15, 0.2) is 71.3 Å². The number of rotatable bonds is 9. The van der Waals surface area contributed by atoms with Crippen molar-refractivity contribution < 1.29 is 13.9 Å². The number of unbranched alkanes of at least 4 members (excludes halogenated alkanes) is 3. The topological polar surface area (TPSA) is 54.7 Å². The fourth-order valence-electron chi connectivity index (χ4n) is 3.75. The highest BCUT2D eigenvalue weighted by Crippen LogP contribution is 2.34. The number of carbonyl (C=O) groups excluding carboxylic acids is 1. The maximum absolute atomic E-state index is 13.2. The first-order valence-electron chi connectivity index (χ1n) is 10.7. The van der Waals surface area contributed by atoms with Crippen molar-refractivity contribution in [3.05, 3.63) is 83.8 Å². The van der Waals surface area contributed by atoms with Crippen LogP contribution in [0.4, 0.5) is 5.69 Å². The number of nitrogens with one attached hydrogen (secondary N) is 1. The molecule has 1 aliphatic heterocycles. The standard InChI is InChI=1S/C25H28N2O3/c1-2-3-4-7-16-29-20-14-12-19(13-15-20)24-26-23-11-6-5-10-22(23)25(28)27(24)18-21-9-8-17-30-21/h5-6,8-15,17,24,26H,2-4,7,16,18H2,1H3. The molecule has 0 aliphatic carbocycles. The summed E-state index contributed by atoms with van der Waals surface area (Å²) < 4.78 is 11.4. The van der Waals surface area contributed by atoms with E-state index in [1.54, 1.807) is 6.26 Å². The zero-order chi connectivity index (χ0) is 20.8. The second-order valence-electron chi connectivity index (χ2n) is 7.58. The predicted octanol–water partition coefficient (Wildman–Crippen LogP) is 6.01. The van der Waals surface area contributed by atoms with Gasteiger partial charge in [-0.1, -0.05) is 50.5 Å². The summed E-state index contributed by atoms with van der Waals surface area (Å²) in [6.45, 7) is 3.34. The number of para-hydroxylation sites is 1. The Morgan fingerprint density at radius 3 is 2.60 bits per heavy atom. The van der Waals surface area contributed by atoms with E-state index in [1.807, 2.05) is 65.6 Å². The Hall–Kier alpha value is -3.21. The monoisotopic (exact) mass is 404 g/mol. The largest absolute Gasteiger partial charge is 0.494 e. The van der Waals surface area contributed by atoms with Crippen LogP contribution in [0.25, 0.3) is 0 Å². The maximum Gasteiger partial charge on any atom is 0.258 e. The Morgan fingerprint density at radius 2 is 1.83 bits per heavy atom. The molecule has 0 radical (unpaired) electrons. The number of amides is 1. The summed E-state index contributed by atoms with van der Waals surface area (Å²) in [7, 11) is 0.